The zero-order valence-corrected chi connectivity index (χ0v) is 14.5. The highest BCUT2D eigenvalue weighted by atomic mass is 28.1. The van der Waals surface area contributed by atoms with E-state index in [0.717, 1.165) is 23.7 Å². The summed E-state index contributed by atoms with van der Waals surface area (Å²) in [4.78, 5) is 0. The van der Waals surface area contributed by atoms with E-state index in [1.54, 1.807) is 5.56 Å². The Morgan fingerprint density at radius 3 is 1.86 bits per heavy atom. The highest BCUT2D eigenvalue weighted by Gasteiger charge is 2.30. The second-order valence-corrected chi connectivity index (χ2v) is 7.92. The van der Waals surface area contributed by atoms with Gasteiger partial charge in [0.05, 0.1) is 0 Å². The second-order valence-electron chi connectivity index (χ2n) is 7.51. The Morgan fingerprint density at radius 2 is 1.33 bits per heavy atom. The van der Waals surface area contributed by atoms with Crippen molar-refractivity contribution in [3.63, 3.8) is 0 Å². The smallest absolute Gasteiger partial charge is 0.0225 e. The largest absolute Gasteiger partial charge is 0.0609 e. The fraction of sp³-hybridized carbons (Fsp3) is 0.700. The van der Waals surface area contributed by atoms with Gasteiger partial charge in [0.15, 0.2) is 0 Å². The summed E-state index contributed by atoms with van der Waals surface area (Å²) in [5.41, 5.74) is 2.97. The molecule has 0 saturated heterocycles. The molecule has 1 aromatic carbocycles. The van der Waals surface area contributed by atoms with Crippen LogP contribution in [-0.4, -0.2) is 10.2 Å². The predicted octanol–water partition coefficient (Wildman–Crippen LogP) is 5.66. The molecule has 0 N–H and O–H groups in total. The molecule has 0 atom stereocenters. The van der Waals surface area contributed by atoms with Crippen molar-refractivity contribution in [1.29, 1.82) is 0 Å². The number of hydrogen-bond acceptors (Lipinski definition) is 0. The standard InChI is InChI=1S/C20H29Si/c1-15-2-6-17(7-3-15)19-10-12-20(13-11-19)18-8-4-16(14-21)5-9-18/h2-3,6-7,16,18-20H,4-5,8-14H2,1H3. The Kier molecular flexibility index (Phi) is 5.21. The number of benzene rings is 1. The van der Waals surface area contributed by atoms with Crippen LogP contribution in [0.2, 0.25) is 6.04 Å². The first-order valence-electron chi connectivity index (χ1n) is 8.97. The van der Waals surface area contributed by atoms with E-state index < -0.39 is 0 Å². The lowest BCUT2D eigenvalue weighted by molar-refractivity contribution is 0.165. The van der Waals surface area contributed by atoms with Gasteiger partial charge in [-0.15, -0.1) is 0 Å². The summed E-state index contributed by atoms with van der Waals surface area (Å²) in [5.74, 6) is 3.86. The minimum atomic E-state index is 0.834. The first-order valence-corrected chi connectivity index (χ1v) is 9.68. The van der Waals surface area contributed by atoms with Gasteiger partial charge in [-0.2, -0.15) is 0 Å². The topological polar surface area (TPSA) is 0 Å². The summed E-state index contributed by atoms with van der Waals surface area (Å²) < 4.78 is 0. The molecule has 1 heteroatoms. The molecule has 2 aliphatic carbocycles. The molecule has 2 aliphatic rings. The summed E-state index contributed by atoms with van der Waals surface area (Å²) in [5, 5.41) is 0. The summed E-state index contributed by atoms with van der Waals surface area (Å²) in [6.45, 7) is 2.18. The maximum absolute atomic E-state index is 3.71. The fourth-order valence-corrected chi connectivity index (χ4v) is 5.03. The van der Waals surface area contributed by atoms with E-state index >= 15 is 0 Å². The molecule has 0 unspecified atom stereocenters. The van der Waals surface area contributed by atoms with Gasteiger partial charge in [-0.1, -0.05) is 48.7 Å². The van der Waals surface area contributed by atoms with E-state index in [9.17, 15) is 0 Å². The highest BCUT2D eigenvalue weighted by molar-refractivity contribution is 6.08. The number of aryl methyl sites for hydroxylation is 1. The van der Waals surface area contributed by atoms with E-state index in [2.05, 4.69) is 41.4 Å². The zero-order valence-electron chi connectivity index (χ0n) is 13.5. The molecular weight excluding hydrogens is 268 g/mol. The van der Waals surface area contributed by atoms with Crippen LogP contribution in [0.15, 0.2) is 24.3 Å². The summed E-state index contributed by atoms with van der Waals surface area (Å²) in [7, 11) is 3.71. The SMILES string of the molecule is Cc1ccc(C2CCC(C3CCC(C[Si])CC3)CC2)cc1. The van der Waals surface area contributed by atoms with Crippen molar-refractivity contribution in [1.82, 2.24) is 0 Å². The van der Waals surface area contributed by atoms with Crippen LogP contribution in [0.1, 0.15) is 68.4 Å². The van der Waals surface area contributed by atoms with E-state index in [0.29, 0.717) is 0 Å². The second kappa shape index (κ2) is 7.13. The minimum Gasteiger partial charge on any atom is -0.0609 e. The number of rotatable bonds is 3. The van der Waals surface area contributed by atoms with Crippen LogP contribution in [0.25, 0.3) is 0 Å². The van der Waals surface area contributed by atoms with Gasteiger partial charge in [-0.25, -0.2) is 0 Å². The molecule has 0 aliphatic heterocycles. The third-order valence-corrected chi connectivity index (χ3v) is 6.74. The molecule has 3 radical (unpaired) electrons. The van der Waals surface area contributed by atoms with Crippen LogP contribution in [-0.2, 0) is 0 Å². The predicted molar refractivity (Wildman–Crippen MR) is 91.9 cm³/mol. The van der Waals surface area contributed by atoms with Crippen LogP contribution in [0.3, 0.4) is 0 Å². The lowest BCUT2D eigenvalue weighted by Crippen LogP contribution is -2.25. The Labute approximate surface area is 134 Å². The third-order valence-electron chi connectivity index (χ3n) is 6.17. The average molecular weight is 298 g/mol. The Hall–Kier alpha value is -0.563. The van der Waals surface area contributed by atoms with Gasteiger partial charge in [-0.05, 0) is 74.7 Å². The lowest BCUT2D eigenvalue weighted by Gasteiger charge is -2.38. The molecule has 1 aromatic rings. The van der Waals surface area contributed by atoms with E-state index in [4.69, 9.17) is 0 Å². The summed E-state index contributed by atoms with van der Waals surface area (Å²) in [6.07, 6.45) is 11.7. The molecule has 0 nitrogen and oxygen atoms in total. The minimum absolute atomic E-state index is 0.834. The zero-order chi connectivity index (χ0) is 14.7. The van der Waals surface area contributed by atoms with Gasteiger partial charge in [0.25, 0.3) is 0 Å². The molecule has 0 amide bonds. The van der Waals surface area contributed by atoms with Crippen LogP contribution in [0.5, 0.6) is 0 Å². The Balaban J connectivity index is 1.50. The van der Waals surface area contributed by atoms with Gasteiger partial charge in [0.2, 0.25) is 0 Å². The normalized spacial score (nSPS) is 33.8. The Morgan fingerprint density at radius 1 is 0.810 bits per heavy atom. The van der Waals surface area contributed by atoms with Crippen molar-refractivity contribution in [3.8, 4) is 0 Å². The molecule has 0 heterocycles. The first-order chi connectivity index (χ1) is 10.3. The molecular formula is C20H29Si. The van der Waals surface area contributed by atoms with Crippen LogP contribution >= 0.6 is 0 Å². The monoisotopic (exact) mass is 297 g/mol. The molecule has 0 aromatic heterocycles. The fourth-order valence-electron chi connectivity index (χ4n) is 4.63. The third kappa shape index (κ3) is 3.80. The van der Waals surface area contributed by atoms with Gasteiger partial charge >= 0.3 is 0 Å². The molecule has 2 saturated carbocycles. The Bertz CT molecular complexity index is 420. The van der Waals surface area contributed by atoms with Crippen molar-refractivity contribution in [2.24, 2.45) is 17.8 Å². The quantitative estimate of drug-likeness (QED) is 0.631. The summed E-state index contributed by atoms with van der Waals surface area (Å²) >= 11 is 0. The lowest BCUT2D eigenvalue weighted by atomic mass is 9.68. The molecule has 0 bridgehead atoms. The van der Waals surface area contributed by atoms with Crippen molar-refractivity contribution >= 4 is 10.2 Å². The van der Waals surface area contributed by atoms with E-state index in [-0.39, 0.29) is 0 Å². The summed E-state index contributed by atoms with van der Waals surface area (Å²) in [6, 6.07) is 10.5. The van der Waals surface area contributed by atoms with Gasteiger partial charge in [0, 0.05) is 10.2 Å². The van der Waals surface area contributed by atoms with Gasteiger partial charge in [-0.3, -0.25) is 0 Å². The number of hydrogen-bond donors (Lipinski definition) is 0. The van der Waals surface area contributed by atoms with Crippen LogP contribution in [0, 0.1) is 24.7 Å². The highest BCUT2D eigenvalue weighted by Crippen LogP contribution is 2.44. The van der Waals surface area contributed by atoms with Crippen molar-refractivity contribution < 1.29 is 0 Å². The van der Waals surface area contributed by atoms with Crippen LogP contribution < -0.4 is 0 Å². The maximum Gasteiger partial charge on any atom is 0.0225 e. The van der Waals surface area contributed by atoms with Crippen molar-refractivity contribution in [2.45, 2.75) is 70.3 Å². The van der Waals surface area contributed by atoms with Crippen LogP contribution in [0.4, 0.5) is 0 Å². The van der Waals surface area contributed by atoms with Crippen molar-refractivity contribution in [3.05, 3.63) is 35.4 Å². The molecule has 0 spiro atoms. The van der Waals surface area contributed by atoms with Crippen molar-refractivity contribution in [2.75, 3.05) is 0 Å². The maximum atomic E-state index is 3.71. The molecule has 113 valence electrons. The van der Waals surface area contributed by atoms with Gasteiger partial charge in [0.1, 0.15) is 0 Å². The molecule has 21 heavy (non-hydrogen) atoms. The average Bonchev–Trinajstić information content (AvgIpc) is 2.56. The molecule has 2 fully saturated rings. The van der Waals surface area contributed by atoms with Gasteiger partial charge < -0.3 is 0 Å². The van der Waals surface area contributed by atoms with E-state index in [1.165, 1.54) is 63.0 Å². The molecule has 3 rings (SSSR count). The first kappa shape index (κ1) is 15.3. The van der Waals surface area contributed by atoms with E-state index in [1.807, 2.05) is 0 Å².